The molecule has 0 spiro atoms. The van der Waals surface area contributed by atoms with Crippen LogP contribution in [0.5, 0.6) is 11.5 Å². The second kappa shape index (κ2) is 9.86. The largest absolute Gasteiger partial charge is 0.497 e. The molecule has 144 valence electrons. The minimum Gasteiger partial charge on any atom is -0.497 e. The molecule has 2 heterocycles. The highest BCUT2D eigenvalue weighted by Gasteiger charge is 2.07. The molecule has 3 aromatic rings. The van der Waals surface area contributed by atoms with Gasteiger partial charge in [-0.3, -0.25) is 9.78 Å². The van der Waals surface area contributed by atoms with E-state index in [-0.39, 0.29) is 11.6 Å². The summed E-state index contributed by atoms with van der Waals surface area (Å²) in [5.41, 5.74) is 1.33. The molecule has 1 amide bonds. The van der Waals surface area contributed by atoms with Crippen LogP contribution in [0.1, 0.15) is 16.1 Å². The number of rotatable bonds is 9. The van der Waals surface area contributed by atoms with Crippen molar-refractivity contribution in [2.75, 3.05) is 25.6 Å². The summed E-state index contributed by atoms with van der Waals surface area (Å²) in [4.78, 5) is 24.4. The number of aromatic nitrogens is 3. The van der Waals surface area contributed by atoms with E-state index in [0.717, 1.165) is 11.3 Å². The molecule has 0 fully saturated rings. The monoisotopic (exact) mass is 379 g/mol. The molecule has 0 aliphatic carbocycles. The summed E-state index contributed by atoms with van der Waals surface area (Å²) in [5, 5.41) is 5.89. The van der Waals surface area contributed by atoms with Crippen LogP contribution >= 0.6 is 0 Å². The number of ether oxygens (including phenoxy) is 2. The van der Waals surface area contributed by atoms with Crippen LogP contribution in [0.15, 0.2) is 61.2 Å². The first-order valence-corrected chi connectivity index (χ1v) is 8.74. The van der Waals surface area contributed by atoms with Crippen LogP contribution in [0.2, 0.25) is 0 Å². The maximum absolute atomic E-state index is 12.1. The Balaban J connectivity index is 1.40. The molecule has 2 aromatic heterocycles. The molecule has 8 nitrogen and oxygen atoms in total. The van der Waals surface area contributed by atoms with E-state index >= 15 is 0 Å². The summed E-state index contributed by atoms with van der Waals surface area (Å²) in [6.45, 7) is 1.30. The first-order valence-electron chi connectivity index (χ1n) is 8.74. The molecular formula is C20H21N5O3. The van der Waals surface area contributed by atoms with Gasteiger partial charge in [-0.05, 0) is 42.0 Å². The molecule has 28 heavy (non-hydrogen) atoms. The minimum absolute atomic E-state index is 0.249. The zero-order valence-electron chi connectivity index (χ0n) is 15.5. The summed E-state index contributed by atoms with van der Waals surface area (Å²) in [6.07, 6.45) is 6.43. The molecule has 0 aliphatic heterocycles. The fourth-order valence-electron chi connectivity index (χ4n) is 2.33. The third-order valence-corrected chi connectivity index (χ3v) is 3.82. The summed E-state index contributed by atoms with van der Waals surface area (Å²) in [5.74, 6) is 1.76. The van der Waals surface area contributed by atoms with Gasteiger partial charge in [-0.2, -0.15) is 0 Å². The van der Waals surface area contributed by atoms with E-state index < -0.39 is 0 Å². The fourth-order valence-corrected chi connectivity index (χ4v) is 2.33. The molecule has 0 saturated carbocycles. The van der Waals surface area contributed by atoms with Crippen molar-refractivity contribution < 1.29 is 14.3 Å². The summed E-state index contributed by atoms with van der Waals surface area (Å²) >= 11 is 0. The topological polar surface area (TPSA) is 98.3 Å². The molecule has 0 saturated heterocycles. The lowest BCUT2D eigenvalue weighted by Gasteiger charge is -2.09. The Morgan fingerprint density at radius 1 is 1.00 bits per heavy atom. The minimum atomic E-state index is -0.300. The van der Waals surface area contributed by atoms with Crippen molar-refractivity contribution in [2.45, 2.75) is 6.54 Å². The Morgan fingerprint density at radius 3 is 2.43 bits per heavy atom. The lowest BCUT2D eigenvalue weighted by atomic mass is 10.3. The molecule has 0 bridgehead atoms. The van der Waals surface area contributed by atoms with E-state index in [1.807, 2.05) is 36.4 Å². The van der Waals surface area contributed by atoms with Gasteiger partial charge in [-0.15, -0.1) is 0 Å². The zero-order valence-corrected chi connectivity index (χ0v) is 15.5. The first-order chi connectivity index (χ1) is 13.7. The molecule has 8 heteroatoms. The van der Waals surface area contributed by atoms with E-state index in [9.17, 15) is 4.79 Å². The quantitative estimate of drug-likeness (QED) is 0.551. The van der Waals surface area contributed by atoms with E-state index in [1.54, 1.807) is 19.5 Å². The van der Waals surface area contributed by atoms with Crippen molar-refractivity contribution in [2.24, 2.45) is 0 Å². The normalized spacial score (nSPS) is 10.2. The number of nitrogens with one attached hydrogen (secondary N) is 2. The SMILES string of the molecule is COc1ccc(OCCNC(=O)c2cnc(NCc3ccncc3)cn2)cc1. The Labute approximate surface area is 163 Å². The van der Waals surface area contributed by atoms with Crippen LogP contribution in [0.25, 0.3) is 0 Å². The molecule has 0 radical (unpaired) electrons. The van der Waals surface area contributed by atoms with Gasteiger partial charge in [0.2, 0.25) is 0 Å². The van der Waals surface area contributed by atoms with Crippen molar-refractivity contribution in [1.82, 2.24) is 20.3 Å². The van der Waals surface area contributed by atoms with Crippen molar-refractivity contribution in [1.29, 1.82) is 0 Å². The van der Waals surface area contributed by atoms with Crippen molar-refractivity contribution in [3.63, 3.8) is 0 Å². The van der Waals surface area contributed by atoms with Crippen LogP contribution in [0.4, 0.5) is 5.82 Å². The lowest BCUT2D eigenvalue weighted by molar-refractivity contribution is 0.0941. The van der Waals surface area contributed by atoms with E-state index in [1.165, 1.54) is 12.4 Å². The molecule has 0 aliphatic rings. The number of carbonyl (C=O) groups is 1. The molecule has 0 atom stereocenters. The molecule has 0 unspecified atom stereocenters. The number of hydrogen-bond acceptors (Lipinski definition) is 7. The average Bonchev–Trinajstić information content (AvgIpc) is 2.76. The second-order valence-electron chi connectivity index (χ2n) is 5.78. The number of carbonyl (C=O) groups excluding carboxylic acids is 1. The highest BCUT2D eigenvalue weighted by atomic mass is 16.5. The van der Waals surface area contributed by atoms with E-state index in [4.69, 9.17) is 9.47 Å². The van der Waals surface area contributed by atoms with Gasteiger partial charge < -0.3 is 20.1 Å². The van der Waals surface area contributed by atoms with E-state index in [0.29, 0.717) is 31.3 Å². The van der Waals surface area contributed by atoms with Gasteiger partial charge in [-0.25, -0.2) is 9.97 Å². The maximum Gasteiger partial charge on any atom is 0.271 e. The number of methoxy groups -OCH3 is 1. The standard InChI is InChI=1S/C20H21N5O3/c1-27-16-2-4-17(5-3-16)28-11-10-22-20(26)18-13-25-19(14-23-18)24-12-15-6-8-21-9-7-15/h2-9,13-14H,10-12H2,1H3,(H,22,26)(H,24,25). The third kappa shape index (κ3) is 5.66. The number of pyridine rings is 1. The summed E-state index contributed by atoms with van der Waals surface area (Å²) in [6, 6.07) is 11.1. The smallest absolute Gasteiger partial charge is 0.271 e. The van der Waals surface area contributed by atoms with Crippen LogP contribution in [0.3, 0.4) is 0 Å². The van der Waals surface area contributed by atoms with Gasteiger partial charge in [0.25, 0.3) is 5.91 Å². The van der Waals surface area contributed by atoms with Gasteiger partial charge in [0.05, 0.1) is 26.0 Å². The molecule has 3 rings (SSSR count). The number of benzene rings is 1. The van der Waals surface area contributed by atoms with Crippen LogP contribution in [0, 0.1) is 0 Å². The highest BCUT2D eigenvalue weighted by Crippen LogP contribution is 2.16. The van der Waals surface area contributed by atoms with E-state index in [2.05, 4.69) is 25.6 Å². The Hall–Kier alpha value is -3.68. The fraction of sp³-hybridized carbons (Fsp3) is 0.200. The van der Waals surface area contributed by atoms with Gasteiger partial charge in [0, 0.05) is 18.9 Å². The van der Waals surface area contributed by atoms with Gasteiger partial charge >= 0.3 is 0 Å². The molecule has 2 N–H and O–H groups in total. The Morgan fingerprint density at radius 2 is 1.75 bits per heavy atom. The number of hydrogen-bond donors (Lipinski definition) is 2. The van der Waals surface area contributed by atoms with Gasteiger partial charge in [0.15, 0.2) is 0 Å². The predicted octanol–water partition coefficient (Wildman–Crippen LogP) is 2.30. The predicted molar refractivity (Wildman–Crippen MR) is 104 cm³/mol. The zero-order chi connectivity index (χ0) is 19.6. The van der Waals surface area contributed by atoms with Crippen molar-refractivity contribution in [3.05, 3.63) is 72.4 Å². The molecular weight excluding hydrogens is 358 g/mol. The van der Waals surface area contributed by atoms with Crippen LogP contribution in [-0.4, -0.2) is 41.1 Å². The number of amides is 1. The third-order valence-electron chi connectivity index (χ3n) is 3.82. The molecule has 1 aromatic carbocycles. The summed E-state index contributed by atoms with van der Waals surface area (Å²) < 4.78 is 10.7. The van der Waals surface area contributed by atoms with Crippen molar-refractivity contribution in [3.8, 4) is 11.5 Å². The van der Waals surface area contributed by atoms with Crippen LogP contribution in [-0.2, 0) is 6.54 Å². The number of anilines is 1. The lowest BCUT2D eigenvalue weighted by Crippen LogP contribution is -2.28. The Bertz CT molecular complexity index is 871. The Kier molecular flexibility index (Phi) is 6.73. The maximum atomic E-state index is 12.1. The number of nitrogens with zero attached hydrogens (tertiary/aromatic N) is 3. The average molecular weight is 379 g/mol. The van der Waals surface area contributed by atoms with Crippen LogP contribution < -0.4 is 20.1 Å². The summed E-state index contributed by atoms with van der Waals surface area (Å²) in [7, 11) is 1.61. The van der Waals surface area contributed by atoms with Crippen molar-refractivity contribution >= 4 is 11.7 Å². The highest BCUT2D eigenvalue weighted by molar-refractivity contribution is 5.91. The van der Waals surface area contributed by atoms with Gasteiger partial charge in [0.1, 0.15) is 29.6 Å². The second-order valence-corrected chi connectivity index (χ2v) is 5.78. The van der Waals surface area contributed by atoms with Gasteiger partial charge in [-0.1, -0.05) is 0 Å². The first kappa shape index (κ1) is 19.1.